The van der Waals surface area contributed by atoms with Gasteiger partial charge in [0.05, 0.1) is 41.2 Å². The number of hydrogen-bond donors (Lipinski definition) is 4. The summed E-state index contributed by atoms with van der Waals surface area (Å²) in [4.78, 5) is 41.9. The van der Waals surface area contributed by atoms with Crippen LogP contribution in [0.15, 0.2) is 177 Å². The molecule has 14 rings (SSSR count). The summed E-state index contributed by atoms with van der Waals surface area (Å²) in [5, 5.41) is 58.2. The first-order chi connectivity index (χ1) is 66.3. The molecule has 0 saturated carbocycles. The SMILES string of the molecule is C#CC#CC#CC#CC#CC#CC#CC#CC#C.CC(=O)O.CC(=O)O.Cc1c(C)c(C)c(P(C(C)(C)C)C(C)(C)C)c(-c2c(C(C)C)cc(C(C)C)cc2C(C)C)c1C.Cc1cc(O)ccc1-c1c(C)cnnc1C.Cc1cc(Oc2nccn3cccc23)ccc1-c1c(C)cnnc1C.Cc1cc(Oc2nccn3cccc23)ccc1-c1c(C)cnnc1C.Clc1nccn2cccc12.O=[C-]OO.[Cs].[Cs].[Pd]. The summed E-state index contributed by atoms with van der Waals surface area (Å²) in [5.41, 5.74) is 32.5. The van der Waals surface area contributed by atoms with Crippen molar-refractivity contribution in [3.8, 4) is 181 Å². The van der Waals surface area contributed by atoms with Gasteiger partial charge in [0.15, 0.2) is 5.15 Å². The second-order valence-corrected chi connectivity index (χ2v) is 39.1. The molecule has 0 unspecified atom stereocenters. The fraction of sp³-hybridized carbons (Fsp3) is 0.276. The number of nitrogens with zero attached hydrogens (tertiary/aromatic N) is 12. The van der Waals surface area contributed by atoms with Crippen LogP contribution < -0.4 is 14.8 Å². The van der Waals surface area contributed by atoms with E-state index in [1.165, 1.54) is 44.5 Å². The molecule has 9 heterocycles. The van der Waals surface area contributed by atoms with Crippen LogP contribution in [0.1, 0.15) is 204 Å². The molecule has 0 fully saturated rings. The normalized spacial score (nSPS) is 9.84. The topological polar surface area (TPSA) is 289 Å². The Balaban J connectivity index is 0.000000440. The van der Waals surface area contributed by atoms with Gasteiger partial charge < -0.3 is 47.7 Å². The number of hydrogen-bond acceptors (Lipinski definition) is 17. The molecule has 4 N–H and O–H groups in total. The van der Waals surface area contributed by atoms with E-state index in [1.54, 1.807) is 60.2 Å². The molecule has 143 heavy (non-hydrogen) atoms. The Bertz CT molecular complexity index is 7010. The van der Waals surface area contributed by atoms with Crippen LogP contribution in [0.25, 0.3) is 61.1 Å². The van der Waals surface area contributed by atoms with E-state index in [9.17, 15) is 5.11 Å². The molecule has 0 atom stereocenters. The first kappa shape index (κ1) is 126. The molecule has 728 valence electrons. The molecule has 27 heteroatoms. The van der Waals surface area contributed by atoms with Crippen molar-refractivity contribution in [1.29, 1.82) is 0 Å². The zero-order valence-corrected chi connectivity index (χ0v) is 103. The molecule has 0 aliphatic heterocycles. The monoisotopic (exact) mass is 2280 g/mol. The number of aliphatic carboxylic acids is 2. The number of terminal acetylenes is 2. The van der Waals surface area contributed by atoms with Crippen molar-refractivity contribution >= 4 is 198 Å². The van der Waals surface area contributed by atoms with E-state index in [0.29, 0.717) is 40.4 Å². The molecule has 9 aromatic heterocycles. The quantitative estimate of drug-likeness (QED) is 0.0208. The number of halogens is 1. The molecular weight excluding hydrogens is 2160 g/mol. The summed E-state index contributed by atoms with van der Waals surface area (Å²) >= 11 is 5.77. The van der Waals surface area contributed by atoms with Crippen molar-refractivity contribution < 1.29 is 69.7 Å². The van der Waals surface area contributed by atoms with Gasteiger partial charge in [-0.15, -0.1) is 12.8 Å². The average Bonchev–Trinajstić information content (AvgIpc) is 1.44. The predicted molar refractivity (Wildman–Crippen MR) is 576 cm³/mol. The molecule has 0 amide bonds. The maximum Gasteiger partial charge on any atom is 0.300 e. The van der Waals surface area contributed by atoms with Gasteiger partial charge in [0.1, 0.15) is 28.3 Å². The van der Waals surface area contributed by atoms with E-state index in [2.05, 4.69) is 308 Å². The van der Waals surface area contributed by atoms with Crippen LogP contribution in [0.2, 0.25) is 5.15 Å². The fourth-order valence-corrected chi connectivity index (χ4v) is 19.9. The van der Waals surface area contributed by atoms with Crippen molar-refractivity contribution in [3.05, 3.63) is 272 Å². The number of ether oxygens (including phenoxy) is 2. The molecule has 14 aromatic rings. The Labute approximate surface area is 981 Å². The molecule has 2 radical (unpaired) electrons. The van der Waals surface area contributed by atoms with Crippen LogP contribution in [0.5, 0.6) is 29.0 Å². The van der Waals surface area contributed by atoms with Crippen molar-refractivity contribution in [2.75, 3.05) is 0 Å². The maximum absolute atomic E-state index is 9.40. The number of phenols is 1. The minimum Gasteiger partial charge on any atom is -0.509 e. The van der Waals surface area contributed by atoms with Crippen molar-refractivity contribution in [2.45, 2.75) is 215 Å². The average molecular weight is 2280 g/mol. The van der Waals surface area contributed by atoms with Crippen molar-refractivity contribution in [1.82, 2.24) is 58.7 Å². The van der Waals surface area contributed by atoms with Crippen LogP contribution in [0, 0.1) is 198 Å². The first-order valence-electron chi connectivity index (χ1n) is 44.6. The summed E-state index contributed by atoms with van der Waals surface area (Å²) in [6, 6.07) is 34.3. The Kier molecular flexibility index (Phi) is 54.9. The number of carboxylic acid groups (broad SMARTS) is 2. The summed E-state index contributed by atoms with van der Waals surface area (Å²) in [7, 11) is -0.431. The van der Waals surface area contributed by atoms with Crippen LogP contribution >= 0.6 is 19.5 Å². The number of benzene rings is 5. The standard InChI is InChI=1S/C33H53P.2C20H18N4O.C18H2.C13H14N2O.C7H5ClN2.2C2H4O2.CHO3.2Cs.Pd/c1-19(2)26-17-27(20(3)4)30(28(18-26)21(5)6)29-24(9)22(7)23(8)25(10)31(29)34(32(11,12)13)33(14,15)16;2*1-13-11-16(25-20-18-5-4-9-24(18)10-8-21-20)6-7-17(13)19-14(2)12-22-23-15(19)3;1-3-5-7-9-11-13-15-17-18-16-14-12-10-8-6-4-2;1-8-6-11(16)4-5-12(8)13-9(2)7-14-15-10(13)3;8-7-6-2-1-4-10(6)5-3-9-7;2*1-2(3)4;2-1-4-3;;;/h17-21H,1-16H3;2*4-12H,1-3H3;1-2H;4-7,16H,1-3H3;1-5H;2*1H3,(H,3,4);3H;;;/q;;;;;;;;-1;;;. The number of phenolic OH excluding ortho intramolecular Hbond substituents is 1. The predicted octanol–water partition coefficient (Wildman–Crippen LogP) is 23.7. The summed E-state index contributed by atoms with van der Waals surface area (Å²) < 4.78 is 17.9. The Morgan fingerprint density at radius 2 is 0.741 bits per heavy atom. The Morgan fingerprint density at radius 1 is 0.427 bits per heavy atom. The van der Waals surface area contributed by atoms with Crippen molar-refractivity contribution in [3.63, 3.8) is 0 Å². The van der Waals surface area contributed by atoms with Crippen LogP contribution in [-0.2, 0) is 39.7 Å². The minimum absolute atomic E-state index is 0. The van der Waals surface area contributed by atoms with Gasteiger partial charge in [0, 0.05) is 245 Å². The third-order valence-electron chi connectivity index (χ3n) is 21.3. The van der Waals surface area contributed by atoms with Gasteiger partial charge in [-0.2, -0.15) is 30.6 Å². The van der Waals surface area contributed by atoms with E-state index < -0.39 is 19.9 Å². The van der Waals surface area contributed by atoms with Crippen LogP contribution in [0.3, 0.4) is 0 Å². The van der Waals surface area contributed by atoms with Gasteiger partial charge in [-0.3, -0.25) is 9.59 Å². The molecule has 5 aromatic carbocycles. The fourth-order valence-electron chi connectivity index (χ4n) is 15.4. The molecular formula is C116H119ClCs2N12O10PPd-. The van der Waals surface area contributed by atoms with Gasteiger partial charge in [0.25, 0.3) is 11.9 Å². The Hall–Kier alpha value is -11.3. The number of carboxylic acids is 2. The number of carbonyl (C=O) groups is 2. The second-order valence-electron chi connectivity index (χ2n) is 34.9. The number of aryl methyl sites for hydroxylation is 9. The Morgan fingerprint density at radius 3 is 1.04 bits per heavy atom. The van der Waals surface area contributed by atoms with Gasteiger partial charge in [-0.1, -0.05) is 133 Å². The molecule has 0 spiro atoms. The third-order valence-corrected chi connectivity index (χ3v) is 25.3. The third kappa shape index (κ3) is 38.3. The smallest absolute Gasteiger partial charge is 0.300 e. The van der Waals surface area contributed by atoms with Gasteiger partial charge in [-0.05, 0) is 398 Å². The summed E-state index contributed by atoms with van der Waals surface area (Å²) in [6.45, 7) is 59.5. The number of aromatic nitrogens is 12. The van der Waals surface area contributed by atoms with Crippen molar-refractivity contribution in [2.24, 2.45) is 0 Å². The second kappa shape index (κ2) is 62.4. The van der Waals surface area contributed by atoms with E-state index in [-0.39, 0.29) is 169 Å². The van der Waals surface area contributed by atoms with Crippen LogP contribution in [-0.4, -0.2) is 246 Å². The zero-order chi connectivity index (χ0) is 104. The summed E-state index contributed by atoms with van der Waals surface area (Å²) in [5.74, 6) is 41.1. The minimum atomic E-state index is -0.833. The summed E-state index contributed by atoms with van der Waals surface area (Å²) in [6.07, 6.45) is 31.8. The van der Waals surface area contributed by atoms with Gasteiger partial charge in [0.2, 0.25) is 11.8 Å². The van der Waals surface area contributed by atoms with Gasteiger partial charge >= 0.3 is 0 Å². The number of fused-ring (bicyclic) bond motifs is 3. The molecule has 0 aliphatic rings. The number of rotatable bonds is 13. The largest absolute Gasteiger partial charge is 0.509 e. The first-order valence-corrected chi connectivity index (χ1v) is 46.3. The zero-order valence-electron chi connectivity index (χ0n) is 86.9. The molecule has 0 bridgehead atoms. The van der Waals surface area contributed by atoms with E-state index in [4.69, 9.17) is 63.8 Å². The number of carbonyl (C=O) groups excluding carboxylic acids is 1. The van der Waals surface area contributed by atoms with E-state index in [1.807, 2.05) is 152 Å². The molecule has 22 nitrogen and oxygen atoms in total. The maximum atomic E-state index is 9.40. The molecule has 0 saturated heterocycles. The van der Waals surface area contributed by atoms with E-state index >= 15 is 0 Å². The molecule has 0 aliphatic carbocycles. The van der Waals surface area contributed by atoms with E-state index in [0.717, 1.165) is 132 Å². The number of aromatic hydroxyl groups is 1. The van der Waals surface area contributed by atoms with Gasteiger partial charge in [-0.25, -0.2) is 20.2 Å². The van der Waals surface area contributed by atoms with Crippen LogP contribution in [0.4, 0.5) is 0 Å².